The fraction of sp³-hybridized carbons (Fsp3) is 0. The lowest BCUT2D eigenvalue weighted by Crippen LogP contribution is -1.90. The van der Waals surface area contributed by atoms with E-state index >= 15 is 0 Å². The summed E-state index contributed by atoms with van der Waals surface area (Å²) >= 11 is 0. The van der Waals surface area contributed by atoms with Crippen molar-refractivity contribution in [3.05, 3.63) is 54.9 Å². The van der Waals surface area contributed by atoms with Gasteiger partial charge in [-0.05, 0) is 24.3 Å². The van der Waals surface area contributed by atoms with E-state index in [0.29, 0.717) is 11.4 Å². The van der Waals surface area contributed by atoms with E-state index in [1.807, 2.05) is 36.4 Å². The smallest absolute Gasteiger partial charge is 0.258 e. The number of hydrogen-bond donors (Lipinski definition) is 1. The lowest BCUT2D eigenvalue weighted by molar-refractivity contribution is 0.430. The van der Waals surface area contributed by atoms with Crippen LogP contribution in [0.1, 0.15) is 0 Å². The van der Waals surface area contributed by atoms with Crippen LogP contribution in [0.2, 0.25) is 0 Å². The highest BCUT2D eigenvalue weighted by Gasteiger charge is 2.17. The molecule has 22 heavy (non-hydrogen) atoms. The maximum atomic E-state index is 10.3. The SMILES string of the molecule is Oc1c(-c2noc(-c3ccccc3)n2)ncc2cccnc12. The first-order valence-corrected chi connectivity index (χ1v) is 6.65. The Balaban J connectivity index is 1.83. The van der Waals surface area contributed by atoms with E-state index in [-0.39, 0.29) is 17.3 Å². The molecule has 0 aliphatic heterocycles. The van der Waals surface area contributed by atoms with Gasteiger partial charge in [-0.3, -0.25) is 4.98 Å². The van der Waals surface area contributed by atoms with E-state index in [4.69, 9.17) is 4.52 Å². The molecular weight excluding hydrogens is 280 g/mol. The second kappa shape index (κ2) is 4.92. The van der Waals surface area contributed by atoms with Crippen LogP contribution in [-0.4, -0.2) is 25.2 Å². The molecule has 0 bridgehead atoms. The van der Waals surface area contributed by atoms with Crippen molar-refractivity contribution in [3.8, 4) is 28.7 Å². The predicted octanol–water partition coefficient (Wildman–Crippen LogP) is 3.05. The molecule has 0 aliphatic carbocycles. The van der Waals surface area contributed by atoms with Crippen molar-refractivity contribution < 1.29 is 9.63 Å². The van der Waals surface area contributed by atoms with Crippen molar-refractivity contribution in [2.45, 2.75) is 0 Å². The van der Waals surface area contributed by atoms with Gasteiger partial charge < -0.3 is 9.63 Å². The van der Waals surface area contributed by atoms with Gasteiger partial charge in [-0.25, -0.2) is 4.98 Å². The van der Waals surface area contributed by atoms with Crippen LogP contribution in [0.4, 0.5) is 0 Å². The molecule has 0 saturated heterocycles. The summed E-state index contributed by atoms with van der Waals surface area (Å²) in [6.07, 6.45) is 3.23. The van der Waals surface area contributed by atoms with E-state index in [9.17, 15) is 5.11 Å². The van der Waals surface area contributed by atoms with Gasteiger partial charge in [-0.15, -0.1) is 0 Å². The maximum absolute atomic E-state index is 10.3. The van der Waals surface area contributed by atoms with Crippen LogP contribution in [0, 0.1) is 0 Å². The Morgan fingerprint density at radius 3 is 2.68 bits per heavy atom. The highest BCUT2D eigenvalue weighted by atomic mass is 16.5. The fourth-order valence-corrected chi connectivity index (χ4v) is 2.21. The number of hydrogen-bond acceptors (Lipinski definition) is 6. The molecule has 1 aromatic carbocycles. The van der Waals surface area contributed by atoms with Gasteiger partial charge in [0.1, 0.15) is 5.52 Å². The van der Waals surface area contributed by atoms with Gasteiger partial charge in [0.15, 0.2) is 11.4 Å². The highest BCUT2D eigenvalue weighted by molar-refractivity contribution is 5.88. The summed E-state index contributed by atoms with van der Waals surface area (Å²) in [4.78, 5) is 12.7. The van der Waals surface area contributed by atoms with Crippen molar-refractivity contribution in [3.63, 3.8) is 0 Å². The molecule has 3 heterocycles. The zero-order valence-electron chi connectivity index (χ0n) is 11.3. The summed E-state index contributed by atoms with van der Waals surface area (Å²) in [7, 11) is 0. The molecule has 0 amide bonds. The minimum Gasteiger partial charge on any atom is -0.504 e. The van der Waals surface area contributed by atoms with E-state index in [1.165, 1.54) is 0 Å². The van der Waals surface area contributed by atoms with E-state index in [1.54, 1.807) is 18.5 Å². The number of pyridine rings is 2. The Kier molecular flexibility index (Phi) is 2.79. The van der Waals surface area contributed by atoms with Crippen LogP contribution in [0.3, 0.4) is 0 Å². The summed E-state index contributed by atoms with van der Waals surface area (Å²) < 4.78 is 5.24. The number of aromatic nitrogens is 4. The van der Waals surface area contributed by atoms with Crippen LogP contribution in [0.25, 0.3) is 33.9 Å². The topological polar surface area (TPSA) is 84.9 Å². The lowest BCUT2D eigenvalue weighted by Gasteiger charge is -2.02. The Hall–Kier alpha value is -3.28. The predicted molar refractivity (Wildman–Crippen MR) is 79.9 cm³/mol. The Labute approximate surface area is 125 Å². The zero-order chi connectivity index (χ0) is 14.9. The normalized spacial score (nSPS) is 10.9. The average molecular weight is 290 g/mol. The third kappa shape index (κ3) is 1.98. The van der Waals surface area contributed by atoms with Gasteiger partial charge >= 0.3 is 0 Å². The van der Waals surface area contributed by atoms with Crippen molar-refractivity contribution in [2.75, 3.05) is 0 Å². The Morgan fingerprint density at radius 2 is 1.82 bits per heavy atom. The Bertz CT molecular complexity index is 951. The van der Waals surface area contributed by atoms with Gasteiger partial charge in [0.2, 0.25) is 5.82 Å². The second-order valence-corrected chi connectivity index (χ2v) is 4.69. The minimum atomic E-state index is -0.0569. The second-order valence-electron chi connectivity index (χ2n) is 4.69. The van der Waals surface area contributed by atoms with Crippen LogP contribution < -0.4 is 0 Å². The van der Waals surface area contributed by atoms with Crippen LogP contribution >= 0.6 is 0 Å². The first-order valence-electron chi connectivity index (χ1n) is 6.65. The standard InChI is InChI=1S/C16H10N4O2/c21-14-12-11(7-4-8-17-12)9-18-13(14)15-19-16(22-20-15)10-5-2-1-3-6-10/h1-9,21H. The third-order valence-electron chi connectivity index (χ3n) is 3.28. The Morgan fingerprint density at radius 1 is 0.955 bits per heavy atom. The molecule has 4 aromatic rings. The first-order chi connectivity index (χ1) is 10.8. The van der Waals surface area contributed by atoms with Crippen molar-refractivity contribution >= 4 is 10.9 Å². The molecule has 6 nitrogen and oxygen atoms in total. The monoisotopic (exact) mass is 290 g/mol. The molecule has 0 atom stereocenters. The summed E-state index contributed by atoms with van der Waals surface area (Å²) in [6.45, 7) is 0. The largest absolute Gasteiger partial charge is 0.504 e. The van der Waals surface area contributed by atoms with Crippen molar-refractivity contribution in [1.29, 1.82) is 0 Å². The molecule has 3 aromatic heterocycles. The highest BCUT2D eigenvalue weighted by Crippen LogP contribution is 2.31. The quantitative estimate of drug-likeness (QED) is 0.610. The van der Waals surface area contributed by atoms with Gasteiger partial charge in [-0.2, -0.15) is 4.98 Å². The molecule has 0 fully saturated rings. The molecule has 0 aliphatic rings. The molecule has 0 spiro atoms. The zero-order valence-corrected chi connectivity index (χ0v) is 11.3. The molecule has 4 rings (SSSR count). The van der Waals surface area contributed by atoms with E-state index < -0.39 is 0 Å². The van der Waals surface area contributed by atoms with Gasteiger partial charge in [0.05, 0.1) is 0 Å². The molecule has 6 heteroatoms. The van der Waals surface area contributed by atoms with Crippen molar-refractivity contribution in [1.82, 2.24) is 20.1 Å². The molecule has 0 radical (unpaired) electrons. The van der Waals surface area contributed by atoms with Crippen LogP contribution in [0.15, 0.2) is 59.4 Å². The summed E-state index contributed by atoms with van der Waals surface area (Å²) in [5.41, 5.74) is 1.51. The van der Waals surface area contributed by atoms with E-state index in [0.717, 1.165) is 10.9 Å². The summed E-state index contributed by atoms with van der Waals surface area (Å²) in [5.74, 6) is 0.542. The first kappa shape index (κ1) is 12.5. The molecular formula is C16H10N4O2. The van der Waals surface area contributed by atoms with Gasteiger partial charge in [0.25, 0.3) is 5.89 Å². The molecule has 0 saturated carbocycles. The number of fused-ring (bicyclic) bond motifs is 1. The van der Waals surface area contributed by atoms with Gasteiger partial charge in [0, 0.05) is 23.3 Å². The van der Waals surface area contributed by atoms with E-state index in [2.05, 4.69) is 20.1 Å². The number of benzene rings is 1. The third-order valence-corrected chi connectivity index (χ3v) is 3.28. The van der Waals surface area contributed by atoms with Gasteiger partial charge in [-0.1, -0.05) is 23.4 Å². The summed E-state index contributed by atoms with van der Waals surface area (Å²) in [6, 6.07) is 13.0. The maximum Gasteiger partial charge on any atom is 0.258 e. The number of rotatable bonds is 2. The summed E-state index contributed by atoms with van der Waals surface area (Å²) in [5, 5.41) is 15.0. The molecule has 1 N–H and O–H groups in total. The number of nitrogens with zero attached hydrogens (tertiary/aromatic N) is 4. The van der Waals surface area contributed by atoms with Crippen molar-refractivity contribution in [2.24, 2.45) is 0 Å². The minimum absolute atomic E-state index is 0.0569. The molecule has 106 valence electrons. The molecule has 0 unspecified atom stereocenters. The number of aromatic hydroxyl groups is 1. The average Bonchev–Trinajstić information content (AvgIpc) is 3.06. The van der Waals surface area contributed by atoms with Crippen LogP contribution in [0.5, 0.6) is 5.75 Å². The lowest BCUT2D eigenvalue weighted by atomic mass is 10.2. The fourth-order valence-electron chi connectivity index (χ4n) is 2.21. The van der Waals surface area contributed by atoms with Crippen LogP contribution in [-0.2, 0) is 0 Å².